The van der Waals surface area contributed by atoms with Gasteiger partial charge in [0.1, 0.15) is 6.10 Å². The minimum atomic E-state index is -0.225. The van der Waals surface area contributed by atoms with Gasteiger partial charge in [-0.3, -0.25) is 4.90 Å². The number of carbonyl (C=O) groups is 1. The van der Waals surface area contributed by atoms with E-state index in [4.69, 9.17) is 4.74 Å². The van der Waals surface area contributed by atoms with Gasteiger partial charge in [-0.25, -0.2) is 4.79 Å². The van der Waals surface area contributed by atoms with Crippen LogP contribution in [-0.4, -0.2) is 18.7 Å². The fraction of sp³-hybridized carbons (Fsp3) is 0.462. The third kappa shape index (κ3) is 2.03. The Morgan fingerprint density at radius 3 is 2.44 bits per heavy atom. The normalized spacial score (nSPS) is 20.1. The monoisotopic (exact) mass is 219 g/mol. The zero-order valence-corrected chi connectivity index (χ0v) is 9.99. The summed E-state index contributed by atoms with van der Waals surface area (Å²) in [5.74, 6) is 0. The van der Waals surface area contributed by atoms with Crippen molar-refractivity contribution < 1.29 is 9.53 Å². The molecule has 1 unspecified atom stereocenters. The molecule has 1 amide bonds. The van der Waals surface area contributed by atoms with Crippen LogP contribution in [0, 0.1) is 13.8 Å². The summed E-state index contributed by atoms with van der Waals surface area (Å²) < 4.78 is 5.24. The number of aryl methyl sites for hydroxylation is 2. The molecule has 0 aromatic heterocycles. The van der Waals surface area contributed by atoms with E-state index in [0.717, 1.165) is 12.1 Å². The van der Waals surface area contributed by atoms with Gasteiger partial charge in [-0.1, -0.05) is 13.0 Å². The maximum Gasteiger partial charge on any atom is 0.414 e. The van der Waals surface area contributed by atoms with Crippen LogP contribution in [0.4, 0.5) is 10.5 Å². The Hall–Kier alpha value is -1.51. The average Bonchev–Trinajstić information content (AvgIpc) is 2.58. The predicted octanol–water partition coefficient (Wildman–Crippen LogP) is 3.04. The number of ether oxygens (including phenoxy) is 1. The van der Waals surface area contributed by atoms with Crippen LogP contribution in [0.3, 0.4) is 0 Å². The maximum atomic E-state index is 11.7. The van der Waals surface area contributed by atoms with Gasteiger partial charge < -0.3 is 4.74 Å². The summed E-state index contributed by atoms with van der Waals surface area (Å²) in [5, 5.41) is 0. The van der Waals surface area contributed by atoms with E-state index in [2.05, 4.69) is 6.07 Å². The molecule has 2 rings (SSSR count). The van der Waals surface area contributed by atoms with Crippen LogP contribution >= 0.6 is 0 Å². The molecule has 1 aromatic carbocycles. The lowest BCUT2D eigenvalue weighted by molar-refractivity contribution is 0.139. The number of benzene rings is 1. The highest BCUT2D eigenvalue weighted by atomic mass is 16.6. The summed E-state index contributed by atoms with van der Waals surface area (Å²) in [6, 6.07) is 6.14. The van der Waals surface area contributed by atoms with Crippen LogP contribution in [0.15, 0.2) is 18.2 Å². The van der Waals surface area contributed by atoms with Crippen molar-refractivity contribution in [3.8, 4) is 0 Å². The van der Waals surface area contributed by atoms with Gasteiger partial charge in [0.25, 0.3) is 0 Å². The summed E-state index contributed by atoms with van der Waals surface area (Å²) in [4.78, 5) is 13.4. The summed E-state index contributed by atoms with van der Waals surface area (Å²) in [6.45, 7) is 6.77. The van der Waals surface area contributed by atoms with Crippen molar-refractivity contribution in [3.63, 3.8) is 0 Å². The lowest BCUT2D eigenvalue weighted by atomic mass is 10.1. The first-order valence-corrected chi connectivity index (χ1v) is 5.66. The number of nitrogens with zero attached hydrogens (tertiary/aromatic N) is 1. The molecule has 0 aliphatic carbocycles. The van der Waals surface area contributed by atoms with Crippen LogP contribution in [0.2, 0.25) is 0 Å². The van der Waals surface area contributed by atoms with Crippen LogP contribution in [0.25, 0.3) is 0 Å². The van der Waals surface area contributed by atoms with Gasteiger partial charge in [0.2, 0.25) is 0 Å². The standard InChI is InChI=1S/C13H17NO2/c1-4-12-8-14(13(15)16-12)11-6-9(2)5-10(3)7-11/h5-7,12H,4,8H2,1-3H3. The molecule has 0 bridgehead atoms. The second-order valence-electron chi connectivity index (χ2n) is 4.37. The highest BCUT2D eigenvalue weighted by Gasteiger charge is 2.31. The molecule has 0 spiro atoms. The van der Waals surface area contributed by atoms with Gasteiger partial charge in [-0.05, 0) is 43.5 Å². The van der Waals surface area contributed by atoms with Crippen molar-refractivity contribution in [2.45, 2.75) is 33.3 Å². The molecule has 1 heterocycles. The minimum absolute atomic E-state index is 0.0355. The van der Waals surface area contributed by atoms with Gasteiger partial charge in [0, 0.05) is 5.69 Å². The lowest BCUT2D eigenvalue weighted by Gasteiger charge is -2.14. The van der Waals surface area contributed by atoms with Gasteiger partial charge >= 0.3 is 6.09 Å². The van der Waals surface area contributed by atoms with Crippen LogP contribution in [0.1, 0.15) is 24.5 Å². The zero-order chi connectivity index (χ0) is 11.7. The Labute approximate surface area is 96.0 Å². The average molecular weight is 219 g/mol. The second-order valence-corrected chi connectivity index (χ2v) is 4.37. The zero-order valence-electron chi connectivity index (χ0n) is 9.99. The Balaban J connectivity index is 2.27. The number of amides is 1. The molecule has 1 fully saturated rings. The summed E-state index contributed by atoms with van der Waals surface area (Å²) in [6.07, 6.45) is 0.678. The molecule has 1 aromatic rings. The molecule has 3 nitrogen and oxygen atoms in total. The first kappa shape index (κ1) is 11.0. The fourth-order valence-electron chi connectivity index (χ4n) is 2.05. The van der Waals surface area contributed by atoms with E-state index in [1.807, 2.05) is 32.9 Å². The van der Waals surface area contributed by atoms with Crippen molar-refractivity contribution in [1.29, 1.82) is 0 Å². The third-order valence-electron chi connectivity index (χ3n) is 2.85. The van der Waals surface area contributed by atoms with E-state index in [1.54, 1.807) is 4.90 Å². The molecule has 0 saturated carbocycles. The fourth-order valence-corrected chi connectivity index (χ4v) is 2.05. The second kappa shape index (κ2) is 4.16. The number of hydrogen-bond acceptors (Lipinski definition) is 2. The Morgan fingerprint density at radius 2 is 1.94 bits per heavy atom. The Kier molecular flexibility index (Phi) is 2.86. The number of hydrogen-bond donors (Lipinski definition) is 0. The molecule has 0 N–H and O–H groups in total. The van der Waals surface area contributed by atoms with E-state index in [9.17, 15) is 4.79 Å². The smallest absolute Gasteiger partial charge is 0.414 e. The van der Waals surface area contributed by atoms with Gasteiger partial charge in [-0.2, -0.15) is 0 Å². The van der Waals surface area contributed by atoms with Gasteiger partial charge in [0.05, 0.1) is 6.54 Å². The molecule has 3 heteroatoms. The van der Waals surface area contributed by atoms with Crippen LogP contribution in [-0.2, 0) is 4.74 Å². The highest BCUT2D eigenvalue weighted by Crippen LogP contribution is 2.24. The van der Waals surface area contributed by atoms with E-state index >= 15 is 0 Å². The van der Waals surface area contributed by atoms with Crippen molar-refractivity contribution in [2.75, 3.05) is 11.4 Å². The first-order valence-electron chi connectivity index (χ1n) is 5.66. The Bertz CT molecular complexity index is 394. The molecule has 1 saturated heterocycles. The third-order valence-corrected chi connectivity index (χ3v) is 2.85. The largest absolute Gasteiger partial charge is 0.444 e. The van der Waals surface area contributed by atoms with Crippen molar-refractivity contribution in [2.24, 2.45) is 0 Å². The van der Waals surface area contributed by atoms with Crippen molar-refractivity contribution in [3.05, 3.63) is 29.3 Å². The van der Waals surface area contributed by atoms with Crippen molar-refractivity contribution in [1.82, 2.24) is 0 Å². The maximum absolute atomic E-state index is 11.7. The van der Waals surface area contributed by atoms with Gasteiger partial charge in [0.15, 0.2) is 0 Å². The predicted molar refractivity (Wildman–Crippen MR) is 63.8 cm³/mol. The van der Waals surface area contributed by atoms with E-state index < -0.39 is 0 Å². The summed E-state index contributed by atoms with van der Waals surface area (Å²) >= 11 is 0. The molecular weight excluding hydrogens is 202 g/mol. The summed E-state index contributed by atoms with van der Waals surface area (Å²) in [7, 11) is 0. The molecular formula is C13H17NO2. The summed E-state index contributed by atoms with van der Waals surface area (Å²) in [5.41, 5.74) is 3.28. The number of anilines is 1. The first-order chi connectivity index (χ1) is 7.60. The molecule has 16 heavy (non-hydrogen) atoms. The number of cyclic esters (lactones) is 1. The SMILES string of the molecule is CCC1CN(c2cc(C)cc(C)c2)C(=O)O1. The highest BCUT2D eigenvalue weighted by molar-refractivity contribution is 5.89. The minimum Gasteiger partial charge on any atom is -0.444 e. The van der Waals surface area contributed by atoms with Crippen LogP contribution < -0.4 is 4.90 Å². The molecule has 1 atom stereocenters. The van der Waals surface area contributed by atoms with E-state index in [0.29, 0.717) is 6.54 Å². The topological polar surface area (TPSA) is 29.5 Å². The van der Waals surface area contributed by atoms with Crippen molar-refractivity contribution >= 4 is 11.8 Å². The molecule has 0 radical (unpaired) electrons. The number of carbonyl (C=O) groups excluding carboxylic acids is 1. The molecule has 1 aliphatic rings. The van der Waals surface area contributed by atoms with E-state index in [-0.39, 0.29) is 12.2 Å². The number of rotatable bonds is 2. The van der Waals surface area contributed by atoms with Gasteiger partial charge in [-0.15, -0.1) is 0 Å². The van der Waals surface area contributed by atoms with E-state index in [1.165, 1.54) is 11.1 Å². The lowest BCUT2D eigenvalue weighted by Crippen LogP contribution is -2.24. The Morgan fingerprint density at radius 1 is 1.31 bits per heavy atom. The quantitative estimate of drug-likeness (QED) is 0.765. The van der Waals surface area contributed by atoms with Crippen LogP contribution in [0.5, 0.6) is 0 Å². The molecule has 86 valence electrons. The molecule has 1 aliphatic heterocycles.